The number of hydrogen-bond acceptors (Lipinski definition) is 3. The topological polar surface area (TPSA) is 61.7 Å². The number of rotatable bonds is 5. The zero-order valence-electron chi connectivity index (χ0n) is 12.5. The predicted molar refractivity (Wildman–Crippen MR) is 84.0 cm³/mol. The number of benzene rings is 1. The average Bonchev–Trinajstić information content (AvgIpc) is 3.04. The van der Waals surface area contributed by atoms with Crippen molar-refractivity contribution in [1.29, 1.82) is 0 Å². The normalized spacial score (nSPS) is 12.9. The molecule has 3 rings (SSSR count). The van der Waals surface area contributed by atoms with Crippen molar-refractivity contribution in [2.75, 3.05) is 0 Å². The molecule has 1 aromatic carbocycles. The molecule has 0 aliphatic heterocycles. The van der Waals surface area contributed by atoms with Gasteiger partial charge in [-0.25, -0.2) is 4.98 Å². The van der Waals surface area contributed by atoms with Gasteiger partial charge < -0.3 is 10.3 Å². The van der Waals surface area contributed by atoms with E-state index >= 15 is 0 Å². The fourth-order valence-corrected chi connectivity index (χ4v) is 2.68. The average molecular weight is 283 g/mol. The SMILES string of the molecule is CCc1cc(CC(N)Cn2cnc3ccccc32)n(C)n1. The lowest BCUT2D eigenvalue weighted by Crippen LogP contribution is -2.29. The van der Waals surface area contributed by atoms with Crippen molar-refractivity contribution in [2.24, 2.45) is 12.8 Å². The zero-order valence-corrected chi connectivity index (χ0v) is 12.5. The Kier molecular flexibility index (Phi) is 3.75. The maximum Gasteiger partial charge on any atom is 0.0958 e. The third-order valence-corrected chi connectivity index (χ3v) is 3.82. The first kappa shape index (κ1) is 13.8. The second kappa shape index (κ2) is 5.69. The van der Waals surface area contributed by atoms with Crippen LogP contribution in [0.4, 0.5) is 0 Å². The van der Waals surface area contributed by atoms with Gasteiger partial charge in [-0.2, -0.15) is 5.10 Å². The number of aryl methyl sites for hydroxylation is 2. The highest BCUT2D eigenvalue weighted by Crippen LogP contribution is 2.13. The van der Waals surface area contributed by atoms with Crippen molar-refractivity contribution in [1.82, 2.24) is 19.3 Å². The Morgan fingerprint density at radius 1 is 1.29 bits per heavy atom. The Bertz CT molecular complexity index is 740. The van der Waals surface area contributed by atoms with Gasteiger partial charge in [0.05, 0.1) is 23.1 Å². The molecule has 0 saturated heterocycles. The van der Waals surface area contributed by atoms with E-state index in [1.165, 1.54) is 5.69 Å². The Morgan fingerprint density at radius 2 is 2.10 bits per heavy atom. The van der Waals surface area contributed by atoms with Gasteiger partial charge in [0.25, 0.3) is 0 Å². The Hall–Kier alpha value is -2.14. The van der Waals surface area contributed by atoms with Gasteiger partial charge in [0.1, 0.15) is 0 Å². The summed E-state index contributed by atoms with van der Waals surface area (Å²) in [6.07, 6.45) is 3.64. The van der Waals surface area contributed by atoms with E-state index in [2.05, 4.69) is 33.7 Å². The number of hydrogen-bond donors (Lipinski definition) is 1. The van der Waals surface area contributed by atoms with Gasteiger partial charge in [0.2, 0.25) is 0 Å². The second-order valence-electron chi connectivity index (χ2n) is 5.45. The van der Waals surface area contributed by atoms with Crippen molar-refractivity contribution in [3.8, 4) is 0 Å². The van der Waals surface area contributed by atoms with Crippen LogP contribution in [-0.4, -0.2) is 25.4 Å². The van der Waals surface area contributed by atoms with Crippen LogP contribution in [0.2, 0.25) is 0 Å². The lowest BCUT2D eigenvalue weighted by Gasteiger charge is -2.13. The third-order valence-electron chi connectivity index (χ3n) is 3.82. The molecule has 2 N–H and O–H groups in total. The van der Waals surface area contributed by atoms with E-state index in [9.17, 15) is 0 Å². The highest BCUT2D eigenvalue weighted by molar-refractivity contribution is 5.74. The molecule has 2 aromatic heterocycles. The minimum Gasteiger partial charge on any atom is -0.329 e. The maximum absolute atomic E-state index is 6.32. The number of imidazole rings is 1. The van der Waals surface area contributed by atoms with E-state index in [-0.39, 0.29) is 6.04 Å². The van der Waals surface area contributed by atoms with Gasteiger partial charge in [0, 0.05) is 31.7 Å². The van der Waals surface area contributed by atoms with Gasteiger partial charge in [-0.1, -0.05) is 19.1 Å². The van der Waals surface area contributed by atoms with Crippen molar-refractivity contribution >= 4 is 11.0 Å². The van der Waals surface area contributed by atoms with Gasteiger partial charge in [-0.3, -0.25) is 4.68 Å². The van der Waals surface area contributed by atoms with Gasteiger partial charge in [-0.05, 0) is 24.6 Å². The molecule has 1 atom stereocenters. The molecule has 0 bridgehead atoms. The minimum atomic E-state index is 0.0442. The highest BCUT2D eigenvalue weighted by Gasteiger charge is 2.11. The van der Waals surface area contributed by atoms with Crippen LogP contribution in [0.15, 0.2) is 36.7 Å². The van der Waals surface area contributed by atoms with E-state index in [1.807, 2.05) is 36.3 Å². The van der Waals surface area contributed by atoms with Gasteiger partial charge in [-0.15, -0.1) is 0 Å². The van der Waals surface area contributed by atoms with Gasteiger partial charge >= 0.3 is 0 Å². The van der Waals surface area contributed by atoms with Crippen LogP contribution in [0.1, 0.15) is 18.3 Å². The van der Waals surface area contributed by atoms with E-state index in [0.717, 1.165) is 36.1 Å². The Balaban J connectivity index is 1.74. The molecular formula is C16H21N5. The van der Waals surface area contributed by atoms with Crippen LogP contribution in [0.3, 0.4) is 0 Å². The molecule has 0 saturated carbocycles. The molecule has 110 valence electrons. The predicted octanol–water partition coefficient (Wildman–Crippen LogP) is 1.90. The number of aromatic nitrogens is 4. The molecule has 0 aliphatic carbocycles. The smallest absolute Gasteiger partial charge is 0.0958 e. The standard InChI is InChI=1S/C16H21N5/c1-3-13-9-14(20(2)19-13)8-12(17)10-21-11-18-15-6-4-5-7-16(15)21/h4-7,9,11-12H,3,8,10,17H2,1-2H3. The monoisotopic (exact) mass is 283 g/mol. The summed E-state index contributed by atoms with van der Waals surface area (Å²) in [5.41, 5.74) is 10.8. The number of para-hydroxylation sites is 2. The fraction of sp³-hybridized carbons (Fsp3) is 0.375. The summed E-state index contributed by atoms with van der Waals surface area (Å²) in [6, 6.07) is 10.3. The summed E-state index contributed by atoms with van der Waals surface area (Å²) in [4.78, 5) is 4.40. The highest BCUT2D eigenvalue weighted by atomic mass is 15.3. The molecule has 0 aliphatic rings. The molecule has 2 heterocycles. The van der Waals surface area contributed by atoms with Crippen LogP contribution in [0.25, 0.3) is 11.0 Å². The Labute approximate surface area is 124 Å². The van der Waals surface area contributed by atoms with Gasteiger partial charge in [0.15, 0.2) is 0 Å². The first-order valence-electron chi connectivity index (χ1n) is 7.34. The van der Waals surface area contributed by atoms with Crippen LogP contribution in [0.5, 0.6) is 0 Å². The van der Waals surface area contributed by atoms with Crippen molar-refractivity contribution in [3.63, 3.8) is 0 Å². The van der Waals surface area contributed by atoms with Crippen LogP contribution >= 0.6 is 0 Å². The van der Waals surface area contributed by atoms with Crippen LogP contribution in [-0.2, 0) is 26.4 Å². The van der Waals surface area contributed by atoms with E-state index in [4.69, 9.17) is 5.73 Å². The summed E-state index contributed by atoms with van der Waals surface area (Å²) in [6.45, 7) is 2.87. The Morgan fingerprint density at radius 3 is 2.86 bits per heavy atom. The summed E-state index contributed by atoms with van der Waals surface area (Å²) in [5.74, 6) is 0. The van der Waals surface area contributed by atoms with E-state index < -0.39 is 0 Å². The molecule has 5 heteroatoms. The number of nitrogens with two attached hydrogens (primary N) is 1. The molecule has 0 amide bonds. The molecule has 3 aromatic rings. The molecule has 1 unspecified atom stereocenters. The second-order valence-corrected chi connectivity index (χ2v) is 5.45. The van der Waals surface area contributed by atoms with Crippen molar-refractivity contribution < 1.29 is 0 Å². The number of nitrogens with zero attached hydrogens (tertiary/aromatic N) is 4. The largest absolute Gasteiger partial charge is 0.329 e. The van der Waals surface area contributed by atoms with Crippen LogP contribution < -0.4 is 5.73 Å². The molecule has 0 spiro atoms. The van der Waals surface area contributed by atoms with Crippen molar-refractivity contribution in [2.45, 2.75) is 32.4 Å². The van der Waals surface area contributed by atoms with E-state index in [1.54, 1.807) is 0 Å². The number of fused-ring (bicyclic) bond motifs is 1. The molecular weight excluding hydrogens is 262 g/mol. The molecule has 0 radical (unpaired) electrons. The molecule has 5 nitrogen and oxygen atoms in total. The summed E-state index contributed by atoms with van der Waals surface area (Å²) in [5, 5.41) is 4.47. The lowest BCUT2D eigenvalue weighted by atomic mass is 10.1. The summed E-state index contributed by atoms with van der Waals surface area (Å²) >= 11 is 0. The first-order valence-corrected chi connectivity index (χ1v) is 7.34. The minimum absolute atomic E-state index is 0.0442. The van der Waals surface area contributed by atoms with E-state index in [0.29, 0.717) is 0 Å². The summed E-state index contributed by atoms with van der Waals surface area (Å²) < 4.78 is 4.06. The molecule has 0 fully saturated rings. The van der Waals surface area contributed by atoms with Crippen LogP contribution in [0, 0.1) is 0 Å². The lowest BCUT2D eigenvalue weighted by molar-refractivity contribution is 0.539. The quantitative estimate of drug-likeness (QED) is 0.778. The van der Waals surface area contributed by atoms with Crippen molar-refractivity contribution in [3.05, 3.63) is 48.0 Å². The molecule has 21 heavy (non-hydrogen) atoms. The fourth-order valence-electron chi connectivity index (χ4n) is 2.68. The first-order chi connectivity index (χ1) is 10.2. The summed E-state index contributed by atoms with van der Waals surface area (Å²) in [7, 11) is 1.98. The third kappa shape index (κ3) is 2.83. The maximum atomic E-state index is 6.32. The zero-order chi connectivity index (χ0) is 14.8.